The van der Waals surface area contributed by atoms with Crippen molar-refractivity contribution in [1.82, 2.24) is 19.5 Å². The minimum atomic E-state index is -0.808. The van der Waals surface area contributed by atoms with E-state index in [1.165, 1.54) is 12.5 Å². The fourth-order valence-corrected chi connectivity index (χ4v) is 4.68. The van der Waals surface area contributed by atoms with Crippen LogP contribution in [0.3, 0.4) is 0 Å². The molecule has 0 spiro atoms. The van der Waals surface area contributed by atoms with Crippen molar-refractivity contribution < 1.29 is 19.1 Å². The van der Waals surface area contributed by atoms with E-state index in [1.54, 1.807) is 87.8 Å². The Bertz CT molecular complexity index is 1770. The molecule has 0 aliphatic carbocycles. The molecule has 0 saturated heterocycles. The monoisotopic (exact) mass is 545 g/mol. The zero-order valence-electron chi connectivity index (χ0n) is 23.5. The lowest BCUT2D eigenvalue weighted by atomic mass is 9.87. The predicted molar refractivity (Wildman–Crippen MR) is 155 cm³/mol. The molecule has 0 aliphatic rings. The van der Waals surface area contributed by atoms with Crippen LogP contribution in [0.4, 0.5) is 0 Å². The zero-order chi connectivity index (χ0) is 29.3. The molecule has 8 heteroatoms. The predicted octanol–water partition coefficient (Wildman–Crippen LogP) is 6.29. The van der Waals surface area contributed by atoms with E-state index in [2.05, 4.69) is 21.0 Å². The fraction of sp³-hybridized carbons (Fsp3) is 0.212. The second kappa shape index (κ2) is 10.9. The summed E-state index contributed by atoms with van der Waals surface area (Å²) in [5, 5.41) is 0.552. The molecule has 0 fully saturated rings. The van der Waals surface area contributed by atoms with Gasteiger partial charge in [0, 0.05) is 46.7 Å². The summed E-state index contributed by atoms with van der Waals surface area (Å²) in [6.07, 6.45) is 6.03. The van der Waals surface area contributed by atoms with Gasteiger partial charge in [0.05, 0.1) is 11.1 Å². The van der Waals surface area contributed by atoms with Crippen LogP contribution in [-0.2, 0) is 4.74 Å². The molecule has 1 radical (unpaired) electrons. The molecule has 0 atom stereocenters. The minimum Gasteiger partial charge on any atom is -0.455 e. The quantitative estimate of drug-likeness (QED) is 0.175. The van der Waals surface area contributed by atoms with E-state index in [-0.39, 0.29) is 28.4 Å². The Balaban J connectivity index is 1.83. The lowest BCUT2D eigenvalue weighted by Gasteiger charge is -2.22. The maximum atomic E-state index is 14.4. The number of benzene rings is 2. The highest BCUT2D eigenvalue weighted by Crippen LogP contribution is 2.34. The van der Waals surface area contributed by atoms with Gasteiger partial charge in [0.25, 0.3) is 0 Å². The average Bonchev–Trinajstić information content (AvgIpc) is 3.36. The fourth-order valence-electron chi connectivity index (χ4n) is 4.68. The highest BCUT2D eigenvalue weighted by molar-refractivity contribution is 6.25. The molecule has 2 aromatic carbocycles. The van der Waals surface area contributed by atoms with Crippen molar-refractivity contribution in [3.63, 3.8) is 0 Å². The maximum absolute atomic E-state index is 14.4. The number of carbonyl (C=O) groups is 3. The normalized spacial score (nSPS) is 11.6. The number of hydrogen-bond donors (Lipinski definition) is 0. The molecule has 0 bridgehead atoms. The van der Waals surface area contributed by atoms with Crippen molar-refractivity contribution >= 4 is 28.6 Å². The van der Waals surface area contributed by atoms with Crippen LogP contribution in [0.15, 0.2) is 79.5 Å². The van der Waals surface area contributed by atoms with E-state index in [9.17, 15) is 14.4 Å². The summed E-state index contributed by atoms with van der Waals surface area (Å²) in [6.45, 7) is 9.23. The van der Waals surface area contributed by atoms with Gasteiger partial charge in [-0.25, -0.2) is 19.7 Å². The lowest BCUT2D eigenvalue weighted by molar-refractivity contribution is 0.00636. The molecule has 41 heavy (non-hydrogen) atoms. The standard InChI is InChI=1S/C33H29N4O4/c1-20(2)37-18-25(23-16-34-19-36-31(23)37)30(39)24-17-35-28(32(40)41-33(3,4)5)26(21-12-8-6-9-13-21)27(24)29(38)22-14-10-7-11-15-22/h7-20H,1-5H3. The Morgan fingerprint density at radius 3 is 2.27 bits per heavy atom. The number of hydrogen-bond acceptors (Lipinski definition) is 7. The van der Waals surface area contributed by atoms with Crippen LogP contribution in [-0.4, -0.2) is 42.7 Å². The summed E-state index contributed by atoms with van der Waals surface area (Å²) in [6, 6.07) is 18.4. The number of esters is 1. The Labute approximate surface area is 238 Å². The molecule has 5 rings (SSSR count). The Morgan fingerprint density at radius 2 is 1.61 bits per heavy atom. The van der Waals surface area contributed by atoms with E-state index < -0.39 is 23.1 Å². The third-order valence-corrected chi connectivity index (χ3v) is 6.48. The van der Waals surface area contributed by atoms with Gasteiger partial charge in [-0.15, -0.1) is 0 Å². The van der Waals surface area contributed by atoms with Gasteiger partial charge >= 0.3 is 5.97 Å². The van der Waals surface area contributed by atoms with Gasteiger partial charge in [0.15, 0.2) is 17.3 Å². The number of ketones is 2. The molecule has 0 aliphatic heterocycles. The van der Waals surface area contributed by atoms with Crippen LogP contribution in [0.1, 0.15) is 83.0 Å². The van der Waals surface area contributed by atoms with Crippen LogP contribution >= 0.6 is 0 Å². The van der Waals surface area contributed by atoms with Gasteiger partial charge in [-0.1, -0.05) is 54.6 Å². The summed E-state index contributed by atoms with van der Waals surface area (Å²) in [5.41, 5.74) is 1.29. The van der Waals surface area contributed by atoms with Gasteiger partial charge in [0.1, 0.15) is 17.6 Å². The highest BCUT2D eigenvalue weighted by atomic mass is 16.6. The second-order valence-corrected chi connectivity index (χ2v) is 10.9. The van der Waals surface area contributed by atoms with Crippen molar-refractivity contribution in [2.24, 2.45) is 0 Å². The molecule has 0 N–H and O–H groups in total. The first-order valence-corrected chi connectivity index (χ1v) is 13.2. The number of carbonyl (C=O) groups excluding carboxylic acids is 3. The van der Waals surface area contributed by atoms with Crippen LogP contribution < -0.4 is 0 Å². The molecule has 0 amide bonds. The SMILES string of the molecule is CC(C)n1cc(C(=O)c2cnc(C(=O)OC(C)(C)C)c(-c3cc[c]cc3)c2C(=O)c2ccccc2)c2cncnc21. The Morgan fingerprint density at radius 1 is 0.902 bits per heavy atom. The number of pyridine rings is 1. The van der Waals surface area contributed by atoms with Crippen LogP contribution in [0.5, 0.6) is 0 Å². The summed E-state index contributed by atoms with van der Waals surface area (Å²) >= 11 is 0. The summed E-state index contributed by atoms with van der Waals surface area (Å²) < 4.78 is 7.56. The smallest absolute Gasteiger partial charge is 0.358 e. The van der Waals surface area contributed by atoms with Crippen molar-refractivity contribution in [3.8, 4) is 11.1 Å². The maximum Gasteiger partial charge on any atom is 0.358 e. The van der Waals surface area contributed by atoms with Crippen molar-refractivity contribution in [3.05, 3.63) is 114 Å². The largest absolute Gasteiger partial charge is 0.455 e. The molecular weight excluding hydrogens is 516 g/mol. The summed E-state index contributed by atoms with van der Waals surface area (Å²) in [4.78, 5) is 55.1. The third-order valence-electron chi connectivity index (χ3n) is 6.48. The Hall–Kier alpha value is -4.98. The molecule has 3 aromatic heterocycles. The summed E-state index contributed by atoms with van der Waals surface area (Å²) in [5.74, 6) is -1.56. The van der Waals surface area contributed by atoms with Gasteiger partial charge in [-0.05, 0) is 46.2 Å². The molecule has 0 saturated carbocycles. The van der Waals surface area contributed by atoms with E-state index >= 15 is 0 Å². The number of ether oxygens (including phenoxy) is 1. The average molecular weight is 546 g/mol. The van der Waals surface area contributed by atoms with E-state index in [4.69, 9.17) is 4.74 Å². The second-order valence-electron chi connectivity index (χ2n) is 10.9. The first kappa shape index (κ1) is 27.6. The molecule has 0 unspecified atom stereocenters. The molecule has 8 nitrogen and oxygen atoms in total. The van der Waals surface area contributed by atoms with Crippen LogP contribution in [0, 0.1) is 6.07 Å². The van der Waals surface area contributed by atoms with Crippen LogP contribution in [0.25, 0.3) is 22.2 Å². The molecule has 3 heterocycles. The zero-order valence-corrected chi connectivity index (χ0v) is 23.5. The van der Waals surface area contributed by atoms with E-state index in [1.807, 2.05) is 18.4 Å². The van der Waals surface area contributed by atoms with E-state index in [0.717, 1.165) is 0 Å². The number of fused-ring (bicyclic) bond motifs is 1. The van der Waals surface area contributed by atoms with Crippen molar-refractivity contribution in [2.75, 3.05) is 0 Å². The van der Waals surface area contributed by atoms with Gasteiger partial charge in [-0.3, -0.25) is 9.59 Å². The highest BCUT2D eigenvalue weighted by Gasteiger charge is 2.32. The minimum absolute atomic E-state index is 0.0168. The number of rotatable bonds is 7. The summed E-state index contributed by atoms with van der Waals surface area (Å²) in [7, 11) is 0. The van der Waals surface area contributed by atoms with Gasteiger partial charge in [-0.2, -0.15) is 0 Å². The van der Waals surface area contributed by atoms with Gasteiger partial charge < -0.3 is 9.30 Å². The molecule has 5 aromatic rings. The molecular formula is C33H29N4O4. The Kier molecular flexibility index (Phi) is 7.32. The van der Waals surface area contributed by atoms with E-state index in [0.29, 0.717) is 27.7 Å². The van der Waals surface area contributed by atoms with Crippen molar-refractivity contribution in [2.45, 2.75) is 46.3 Å². The topological polar surface area (TPSA) is 104 Å². The van der Waals surface area contributed by atoms with Gasteiger partial charge in [0.2, 0.25) is 0 Å². The molecule has 205 valence electrons. The first-order chi connectivity index (χ1) is 19.6. The van der Waals surface area contributed by atoms with Crippen LogP contribution in [0.2, 0.25) is 0 Å². The first-order valence-electron chi connectivity index (χ1n) is 13.2. The lowest BCUT2D eigenvalue weighted by Crippen LogP contribution is -2.26. The number of nitrogens with zero attached hydrogens (tertiary/aromatic N) is 4. The number of aromatic nitrogens is 4. The third kappa shape index (κ3) is 5.41. The van der Waals surface area contributed by atoms with Crippen molar-refractivity contribution in [1.29, 1.82) is 0 Å².